The van der Waals surface area contributed by atoms with Crippen LogP contribution in [0.3, 0.4) is 0 Å². The topological polar surface area (TPSA) is 55.9 Å². The van der Waals surface area contributed by atoms with Crippen LogP contribution < -0.4 is 5.32 Å². The fraction of sp³-hybridized carbons (Fsp3) is 0.846. The first-order valence-corrected chi connectivity index (χ1v) is 6.93. The molecule has 1 aliphatic rings. The summed E-state index contributed by atoms with van der Waals surface area (Å²) < 4.78 is 0. The Bertz CT molecular complexity index is 312. The molecule has 6 heteroatoms. The van der Waals surface area contributed by atoms with Gasteiger partial charge in [0.25, 0.3) is 0 Å². The first-order chi connectivity index (χ1) is 8.95. The van der Waals surface area contributed by atoms with Gasteiger partial charge in [-0.2, -0.15) is 0 Å². The van der Waals surface area contributed by atoms with Crippen molar-refractivity contribution in [3.8, 4) is 0 Å². The number of piperazine rings is 1. The molecule has 1 aliphatic heterocycles. The summed E-state index contributed by atoms with van der Waals surface area (Å²) in [5.74, 6) is 0.122. The summed E-state index contributed by atoms with van der Waals surface area (Å²) in [4.78, 5) is 28.9. The van der Waals surface area contributed by atoms with Crippen molar-refractivity contribution in [3.63, 3.8) is 0 Å². The van der Waals surface area contributed by atoms with Crippen LogP contribution >= 0.6 is 0 Å². The van der Waals surface area contributed by atoms with E-state index in [1.54, 1.807) is 23.9 Å². The van der Waals surface area contributed by atoms with Crippen molar-refractivity contribution in [2.24, 2.45) is 0 Å². The van der Waals surface area contributed by atoms with E-state index in [-0.39, 0.29) is 11.9 Å². The summed E-state index contributed by atoms with van der Waals surface area (Å²) in [6.45, 7) is 7.03. The highest BCUT2D eigenvalue weighted by Crippen LogP contribution is 2.04. The lowest BCUT2D eigenvalue weighted by atomic mass is 10.2. The maximum atomic E-state index is 12.0. The quantitative estimate of drug-likeness (QED) is 0.794. The Morgan fingerprint density at radius 3 is 2.16 bits per heavy atom. The summed E-state index contributed by atoms with van der Waals surface area (Å²) in [5.41, 5.74) is 0. The van der Waals surface area contributed by atoms with Crippen LogP contribution in [0.2, 0.25) is 0 Å². The highest BCUT2D eigenvalue weighted by molar-refractivity contribution is 5.79. The number of nitrogens with one attached hydrogen (secondary N) is 1. The third kappa shape index (κ3) is 4.70. The molecular formula is C13H26N4O2. The van der Waals surface area contributed by atoms with Gasteiger partial charge in [-0.3, -0.25) is 4.79 Å². The summed E-state index contributed by atoms with van der Waals surface area (Å²) in [6.07, 6.45) is 1.01. The fourth-order valence-electron chi connectivity index (χ4n) is 1.95. The summed E-state index contributed by atoms with van der Waals surface area (Å²) in [6, 6.07) is 0.380. The average Bonchev–Trinajstić information content (AvgIpc) is 2.43. The largest absolute Gasteiger partial charge is 0.338 e. The van der Waals surface area contributed by atoms with E-state index in [0.29, 0.717) is 38.8 Å². The predicted molar refractivity (Wildman–Crippen MR) is 75.0 cm³/mol. The van der Waals surface area contributed by atoms with Crippen LogP contribution in [0.4, 0.5) is 4.79 Å². The fourth-order valence-corrected chi connectivity index (χ4v) is 1.95. The molecule has 0 aromatic heterocycles. The second-order valence-electron chi connectivity index (χ2n) is 5.24. The molecule has 3 amide bonds. The van der Waals surface area contributed by atoms with Crippen molar-refractivity contribution < 1.29 is 9.59 Å². The molecule has 0 bridgehead atoms. The number of urea groups is 1. The number of carbonyl (C=O) groups is 2. The van der Waals surface area contributed by atoms with Gasteiger partial charge in [0.1, 0.15) is 0 Å². The Morgan fingerprint density at radius 1 is 1.16 bits per heavy atom. The first-order valence-electron chi connectivity index (χ1n) is 6.93. The number of amides is 3. The summed E-state index contributed by atoms with van der Waals surface area (Å²) in [5, 5.41) is 3.20. The van der Waals surface area contributed by atoms with Crippen LogP contribution in [0, 0.1) is 0 Å². The zero-order valence-corrected chi connectivity index (χ0v) is 12.5. The van der Waals surface area contributed by atoms with Crippen molar-refractivity contribution in [2.75, 3.05) is 46.8 Å². The van der Waals surface area contributed by atoms with Crippen LogP contribution in [0.5, 0.6) is 0 Å². The summed E-state index contributed by atoms with van der Waals surface area (Å²) in [7, 11) is 3.49. The lowest BCUT2D eigenvalue weighted by molar-refractivity contribution is -0.131. The predicted octanol–water partition coefficient (Wildman–Crippen LogP) is 0.200. The van der Waals surface area contributed by atoms with E-state index in [2.05, 4.69) is 19.2 Å². The Morgan fingerprint density at radius 2 is 1.68 bits per heavy atom. The molecule has 0 saturated carbocycles. The van der Waals surface area contributed by atoms with Crippen molar-refractivity contribution in [1.82, 2.24) is 20.0 Å². The number of hydrogen-bond acceptors (Lipinski definition) is 3. The molecule has 1 fully saturated rings. The van der Waals surface area contributed by atoms with E-state index in [1.165, 1.54) is 0 Å². The Labute approximate surface area is 115 Å². The van der Waals surface area contributed by atoms with Gasteiger partial charge in [-0.25, -0.2) is 4.79 Å². The Hall–Kier alpha value is -1.30. The van der Waals surface area contributed by atoms with E-state index in [1.807, 2.05) is 4.90 Å². The molecule has 0 aliphatic carbocycles. The molecule has 19 heavy (non-hydrogen) atoms. The van der Waals surface area contributed by atoms with Gasteiger partial charge < -0.3 is 20.0 Å². The molecule has 0 spiro atoms. The van der Waals surface area contributed by atoms with Crippen LogP contribution in [0.25, 0.3) is 0 Å². The van der Waals surface area contributed by atoms with Crippen LogP contribution in [0.15, 0.2) is 0 Å². The van der Waals surface area contributed by atoms with Gasteiger partial charge in [-0.1, -0.05) is 6.92 Å². The minimum atomic E-state index is 0.0184. The van der Waals surface area contributed by atoms with E-state index in [9.17, 15) is 9.59 Å². The van der Waals surface area contributed by atoms with Gasteiger partial charge in [0.2, 0.25) is 5.91 Å². The molecule has 1 unspecified atom stereocenters. The molecule has 1 heterocycles. The van der Waals surface area contributed by atoms with Gasteiger partial charge in [-0.05, 0) is 13.3 Å². The maximum Gasteiger partial charge on any atom is 0.319 e. The third-order valence-corrected chi connectivity index (χ3v) is 3.50. The Kier molecular flexibility index (Phi) is 6.08. The number of nitrogens with zero attached hydrogens (tertiary/aromatic N) is 3. The number of carbonyl (C=O) groups excluding carboxylic acids is 2. The molecule has 1 rings (SSSR count). The zero-order valence-electron chi connectivity index (χ0n) is 12.5. The molecule has 0 aromatic carbocycles. The molecule has 6 nitrogen and oxygen atoms in total. The van der Waals surface area contributed by atoms with Crippen molar-refractivity contribution in [2.45, 2.75) is 26.3 Å². The lowest BCUT2D eigenvalue weighted by Crippen LogP contribution is -2.54. The SMILES string of the molecule is CCC(C)NCC(=O)N1CCN(C(=O)N(C)C)CC1. The van der Waals surface area contributed by atoms with Crippen LogP contribution in [0.1, 0.15) is 20.3 Å². The van der Waals surface area contributed by atoms with Crippen molar-refractivity contribution in [3.05, 3.63) is 0 Å². The van der Waals surface area contributed by atoms with E-state index < -0.39 is 0 Å². The van der Waals surface area contributed by atoms with Crippen LogP contribution in [-0.4, -0.2) is 79.5 Å². The molecular weight excluding hydrogens is 244 g/mol. The second-order valence-corrected chi connectivity index (χ2v) is 5.24. The normalized spacial score (nSPS) is 17.3. The zero-order chi connectivity index (χ0) is 14.4. The molecule has 0 aromatic rings. The Balaban J connectivity index is 2.33. The van der Waals surface area contributed by atoms with Gasteiger partial charge in [0.05, 0.1) is 6.54 Å². The maximum absolute atomic E-state index is 12.0. The monoisotopic (exact) mass is 270 g/mol. The molecule has 110 valence electrons. The molecule has 1 N–H and O–H groups in total. The lowest BCUT2D eigenvalue weighted by Gasteiger charge is -2.36. The van der Waals surface area contributed by atoms with Crippen LogP contribution in [-0.2, 0) is 4.79 Å². The number of hydrogen-bond donors (Lipinski definition) is 1. The summed E-state index contributed by atoms with van der Waals surface area (Å²) >= 11 is 0. The molecule has 1 saturated heterocycles. The van der Waals surface area contributed by atoms with Crippen molar-refractivity contribution in [1.29, 1.82) is 0 Å². The highest BCUT2D eigenvalue weighted by atomic mass is 16.2. The van der Waals surface area contributed by atoms with Crippen molar-refractivity contribution >= 4 is 11.9 Å². The first kappa shape index (κ1) is 15.8. The van der Waals surface area contributed by atoms with E-state index >= 15 is 0 Å². The van der Waals surface area contributed by atoms with E-state index in [4.69, 9.17) is 0 Å². The molecule has 1 atom stereocenters. The van der Waals surface area contributed by atoms with E-state index in [0.717, 1.165) is 6.42 Å². The smallest absolute Gasteiger partial charge is 0.319 e. The highest BCUT2D eigenvalue weighted by Gasteiger charge is 2.24. The standard InChI is InChI=1S/C13H26N4O2/c1-5-11(2)14-10-12(18)16-6-8-17(9-7-16)13(19)15(3)4/h11,14H,5-10H2,1-4H3. The number of rotatable bonds is 4. The second kappa shape index (κ2) is 7.33. The third-order valence-electron chi connectivity index (χ3n) is 3.50. The average molecular weight is 270 g/mol. The van der Waals surface area contributed by atoms with Gasteiger partial charge in [-0.15, -0.1) is 0 Å². The minimum absolute atomic E-state index is 0.0184. The van der Waals surface area contributed by atoms with Gasteiger partial charge in [0, 0.05) is 46.3 Å². The van der Waals surface area contributed by atoms with Gasteiger partial charge in [0.15, 0.2) is 0 Å². The van der Waals surface area contributed by atoms with Gasteiger partial charge >= 0.3 is 6.03 Å². The molecule has 0 radical (unpaired) electrons. The minimum Gasteiger partial charge on any atom is -0.338 e.